The van der Waals surface area contributed by atoms with Crippen molar-refractivity contribution in [3.05, 3.63) is 52.2 Å². The first-order chi connectivity index (χ1) is 8.36. The first-order valence-electron chi connectivity index (χ1n) is 5.78. The fraction of sp³-hybridized carbons (Fsp3) is 0.286. The molecule has 2 rings (SSSR count). The van der Waals surface area contributed by atoms with Gasteiger partial charge < -0.3 is 10.1 Å². The number of rotatable bonds is 6. The van der Waals surface area contributed by atoms with E-state index >= 15 is 0 Å². The first-order valence-corrected chi connectivity index (χ1v) is 6.66. The molecule has 0 saturated carbocycles. The van der Waals surface area contributed by atoms with Gasteiger partial charge in [-0.3, -0.25) is 0 Å². The molecule has 0 saturated heterocycles. The Labute approximate surface area is 106 Å². The lowest BCUT2D eigenvalue weighted by Gasteiger charge is -2.07. The Kier molecular flexibility index (Phi) is 4.59. The number of ether oxygens (including phenoxy) is 1. The maximum Gasteiger partial charge on any atom is 0.119 e. The fourth-order valence-electron chi connectivity index (χ4n) is 1.54. The van der Waals surface area contributed by atoms with Crippen molar-refractivity contribution in [2.75, 3.05) is 13.2 Å². The minimum Gasteiger partial charge on any atom is -0.492 e. The van der Waals surface area contributed by atoms with Crippen molar-refractivity contribution < 1.29 is 4.74 Å². The smallest absolute Gasteiger partial charge is 0.119 e. The molecule has 0 spiro atoms. The number of aryl methyl sites for hydroxylation is 1. The molecule has 90 valence electrons. The van der Waals surface area contributed by atoms with Crippen LogP contribution in [-0.2, 0) is 6.54 Å². The van der Waals surface area contributed by atoms with Crippen molar-refractivity contribution in [1.82, 2.24) is 5.32 Å². The van der Waals surface area contributed by atoms with Gasteiger partial charge in [0.1, 0.15) is 12.4 Å². The van der Waals surface area contributed by atoms with E-state index in [0.717, 1.165) is 18.8 Å². The Balaban J connectivity index is 1.63. The summed E-state index contributed by atoms with van der Waals surface area (Å²) in [5, 5.41) is 5.52. The van der Waals surface area contributed by atoms with Crippen LogP contribution in [0.5, 0.6) is 5.75 Å². The second-order valence-corrected chi connectivity index (χ2v) is 4.87. The molecule has 0 aliphatic heterocycles. The molecule has 17 heavy (non-hydrogen) atoms. The minimum absolute atomic E-state index is 0.703. The van der Waals surface area contributed by atoms with Gasteiger partial charge in [0, 0.05) is 18.0 Å². The van der Waals surface area contributed by atoms with Crippen LogP contribution in [0.4, 0.5) is 0 Å². The number of thiophene rings is 1. The molecular formula is C14H17NOS. The van der Waals surface area contributed by atoms with Gasteiger partial charge >= 0.3 is 0 Å². The van der Waals surface area contributed by atoms with Gasteiger partial charge in [0.05, 0.1) is 0 Å². The van der Waals surface area contributed by atoms with Gasteiger partial charge in [0.15, 0.2) is 0 Å². The lowest BCUT2D eigenvalue weighted by molar-refractivity contribution is 0.314. The van der Waals surface area contributed by atoms with Crippen LogP contribution < -0.4 is 10.1 Å². The van der Waals surface area contributed by atoms with E-state index in [0.29, 0.717) is 6.61 Å². The van der Waals surface area contributed by atoms with Gasteiger partial charge in [-0.2, -0.15) is 0 Å². The molecular weight excluding hydrogens is 230 g/mol. The first kappa shape index (κ1) is 12.1. The molecule has 0 bridgehead atoms. The highest BCUT2D eigenvalue weighted by Gasteiger charge is 1.98. The number of benzene rings is 1. The van der Waals surface area contributed by atoms with E-state index < -0.39 is 0 Å². The lowest BCUT2D eigenvalue weighted by atomic mass is 10.3. The molecule has 1 aromatic heterocycles. The largest absolute Gasteiger partial charge is 0.492 e. The zero-order valence-corrected chi connectivity index (χ0v) is 10.8. The minimum atomic E-state index is 0.703. The van der Waals surface area contributed by atoms with Crippen LogP contribution in [0.2, 0.25) is 0 Å². The van der Waals surface area contributed by atoms with Crippen LogP contribution in [0.25, 0.3) is 0 Å². The third kappa shape index (κ3) is 3.88. The van der Waals surface area contributed by atoms with Crippen molar-refractivity contribution in [3.63, 3.8) is 0 Å². The third-order valence-corrected chi connectivity index (χ3v) is 3.57. The summed E-state index contributed by atoms with van der Waals surface area (Å²) in [6.07, 6.45) is 0. The molecule has 0 radical (unpaired) electrons. The van der Waals surface area contributed by atoms with E-state index in [1.807, 2.05) is 30.3 Å². The van der Waals surface area contributed by atoms with Crippen LogP contribution in [0.15, 0.2) is 41.8 Å². The molecule has 3 heteroatoms. The van der Waals surface area contributed by atoms with Crippen molar-refractivity contribution in [3.8, 4) is 5.75 Å². The lowest BCUT2D eigenvalue weighted by Crippen LogP contribution is -2.20. The normalized spacial score (nSPS) is 10.4. The molecule has 0 fully saturated rings. The van der Waals surface area contributed by atoms with Crippen molar-refractivity contribution >= 4 is 11.3 Å². The summed E-state index contributed by atoms with van der Waals surface area (Å²) in [6.45, 7) is 4.65. The molecule has 1 heterocycles. The summed E-state index contributed by atoms with van der Waals surface area (Å²) in [5.41, 5.74) is 1.37. The highest BCUT2D eigenvalue weighted by Crippen LogP contribution is 2.14. The van der Waals surface area contributed by atoms with Crippen molar-refractivity contribution in [1.29, 1.82) is 0 Å². The summed E-state index contributed by atoms with van der Waals surface area (Å²) in [5.74, 6) is 0.932. The van der Waals surface area contributed by atoms with Gasteiger partial charge in [-0.25, -0.2) is 0 Å². The van der Waals surface area contributed by atoms with Crippen molar-refractivity contribution in [2.45, 2.75) is 13.5 Å². The Hall–Kier alpha value is -1.32. The molecule has 2 aromatic rings. The fourth-order valence-corrected chi connectivity index (χ4v) is 2.42. The summed E-state index contributed by atoms with van der Waals surface area (Å²) < 4.78 is 5.60. The van der Waals surface area contributed by atoms with Gasteiger partial charge in [0.2, 0.25) is 0 Å². The van der Waals surface area contributed by atoms with Gasteiger partial charge in [0.25, 0.3) is 0 Å². The van der Waals surface area contributed by atoms with E-state index in [1.165, 1.54) is 10.4 Å². The summed E-state index contributed by atoms with van der Waals surface area (Å²) in [4.78, 5) is 1.41. The van der Waals surface area contributed by atoms with Crippen LogP contribution in [0.3, 0.4) is 0 Å². The monoisotopic (exact) mass is 247 g/mol. The average molecular weight is 247 g/mol. The van der Waals surface area contributed by atoms with Gasteiger partial charge in [-0.15, -0.1) is 11.3 Å². The molecule has 0 atom stereocenters. The zero-order valence-electron chi connectivity index (χ0n) is 9.98. The second-order valence-electron chi connectivity index (χ2n) is 3.87. The Morgan fingerprint density at radius 1 is 1.18 bits per heavy atom. The van der Waals surface area contributed by atoms with E-state index in [1.54, 1.807) is 11.3 Å². The summed E-state index contributed by atoms with van der Waals surface area (Å²) >= 11 is 1.80. The van der Waals surface area contributed by atoms with Crippen LogP contribution in [-0.4, -0.2) is 13.2 Å². The van der Waals surface area contributed by atoms with Crippen LogP contribution in [0, 0.1) is 6.92 Å². The molecule has 0 amide bonds. The van der Waals surface area contributed by atoms with E-state index in [2.05, 4.69) is 23.7 Å². The van der Waals surface area contributed by atoms with Gasteiger partial charge in [-0.1, -0.05) is 18.2 Å². The third-order valence-electron chi connectivity index (χ3n) is 2.54. The van der Waals surface area contributed by atoms with Crippen LogP contribution in [0.1, 0.15) is 10.4 Å². The number of hydrogen-bond donors (Lipinski definition) is 1. The highest BCUT2D eigenvalue weighted by atomic mass is 32.1. The van der Waals surface area contributed by atoms with Crippen molar-refractivity contribution in [2.24, 2.45) is 0 Å². The molecule has 2 nitrogen and oxygen atoms in total. The number of para-hydroxylation sites is 1. The highest BCUT2D eigenvalue weighted by molar-refractivity contribution is 7.10. The molecule has 1 N–H and O–H groups in total. The average Bonchev–Trinajstić information content (AvgIpc) is 2.76. The zero-order chi connectivity index (χ0) is 11.9. The predicted molar refractivity (Wildman–Crippen MR) is 72.7 cm³/mol. The van der Waals surface area contributed by atoms with E-state index in [9.17, 15) is 0 Å². The number of nitrogens with one attached hydrogen (secondary N) is 1. The summed E-state index contributed by atoms with van der Waals surface area (Å²) in [6, 6.07) is 12.1. The van der Waals surface area contributed by atoms with Gasteiger partial charge in [-0.05, 0) is 36.1 Å². The Morgan fingerprint density at radius 3 is 2.71 bits per heavy atom. The van der Waals surface area contributed by atoms with E-state index in [-0.39, 0.29) is 0 Å². The molecule has 0 aliphatic rings. The quantitative estimate of drug-likeness (QED) is 0.791. The van der Waals surface area contributed by atoms with Crippen LogP contribution >= 0.6 is 11.3 Å². The number of hydrogen-bond acceptors (Lipinski definition) is 3. The molecule has 0 aliphatic carbocycles. The predicted octanol–water partition coefficient (Wildman–Crippen LogP) is 3.23. The Morgan fingerprint density at radius 2 is 2.00 bits per heavy atom. The molecule has 0 unspecified atom stereocenters. The Bertz CT molecular complexity index is 438. The second kappa shape index (κ2) is 6.42. The SMILES string of the molecule is Cc1ccsc1CNCCOc1ccccc1. The topological polar surface area (TPSA) is 21.3 Å². The summed E-state index contributed by atoms with van der Waals surface area (Å²) in [7, 11) is 0. The van der Waals surface area contributed by atoms with E-state index in [4.69, 9.17) is 4.74 Å². The standard InChI is InChI=1S/C14H17NOS/c1-12-7-10-17-14(12)11-15-8-9-16-13-5-3-2-4-6-13/h2-7,10,15H,8-9,11H2,1H3. The maximum atomic E-state index is 5.60. The maximum absolute atomic E-state index is 5.60. The molecule has 1 aromatic carbocycles.